The Morgan fingerprint density at radius 3 is 2.19 bits per heavy atom. The summed E-state index contributed by atoms with van der Waals surface area (Å²) in [5, 5.41) is 16.4. The van der Waals surface area contributed by atoms with Crippen molar-refractivity contribution >= 4 is 17.5 Å². The van der Waals surface area contributed by atoms with Crippen molar-refractivity contribution in [2.45, 2.75) is 17.8 Å². The van der Waals surface area contributed by atoms with Crippen LogP contribution in [0.15, 0.2) is 36.4 Å². The zero-order chi connectivity index (χ0) is 26.5. The number of amides is 2. The Morgan fingerprint density at radius 2 is 1.67 bits per heavy atom. The van der Waals surface area contributed by atoms with E-state index in [1.54, 1.807) is 0 Å². The van der Waals surface area contributed by atoms with Crippen LogP contribution < -0.4 is 11.1 Å². The summed E-state index contributed by atoms with van der Waals surface area (Å²) in [5.74, 6) is -1.50. The third kappa shape index (κ3) is 4.62. The van der Waals surface area contributed by atoms with Crippen LogP contribution >= 0.6 is 0 Å². The van der Waals surface area contributed by atoms with E-state index in [9.17, 15) is 40.6 Å². The van der Waals surface area contributed by atoms with Crippen molar-refractivity contribution in [3.8, 4) is 0 Å². The lowest BCUT2D eigenvalue weighted by molar-refractivity contribution is -0.142. The summed E-state index contributed by atoms with van der Waals surface area (Å²) in [6, 6.07) is 5.17. The van der Waals surface area contributed by atoms with E-state index >= 15 is 0 Å². The lowest BCUT2D eigenvalue weighted by Crippen LogP contribution is -2.62. The molecule has 4 rings (SSSR count). The second-order valence-corrected chi connectivity index (χ2v) is 8.44. The highest BCUT2D eigenvalue weighted by atomic mass is 19.4. The number of alkyl halides is 6. The fourth-order valence-electron chi connectivity index (χ4n) is 4.18. The maximum atomic E-state index is 13.6. The molecule has 1 saturated heterocycles. The summed E-state index contributed by atoms with van der Waals surface area (Å²) in [6.07, 6.45) is -9.90. The summed E-state index contributed by atoms with van der Waals surface area (Å²) in [4.78, 5) is 16.0. The highest BCUT2D eigenvalue weighted by Crippen LogP contribution is 2.39. The molecule has 1 aliphatic rings. The molecular formula is C21H19F7N6O2. The number of likely N-dealkylation sites (tertiary alicyclic amines) is 1. The zero-order valence-corrected chi connectivity index (χ0v) is 18.2. The van der Waals surface area contributed by atoms with Gasteiger partial charge < -0.3 is 21.1 Å². The third-order valence-electron chi connectivity index (χ3n) is 6.27. The van der Waals surface area contributed by atoms with Crippen LogP contribution in [0.4, 0.5) is 41.3 Å². The summed E-state index contributed by atoms with van der Waals surface area (Å²) in [7, 11) is 0. The lowest BCUT2D eigenvalue weighted by Gasteiger charge is -2.49. The molecule has 0 aliphatic carbocycles. The van der Waals surface area contributed by atoms with Crippen molar-refractivity contribution in [1.82, 2.24) is 19.5 Å². The molecular weight excluding hydrogens is 501 g/mol. The predicted molar refractivity (Wildman–Crippen MR) is 111 cm³/mol. The Labute approximate surface area is 198 Å². The Bertz CT molecular complexity index is 1270. The number of nitrogens with one attached hydrogen (secondary N) is 1. The van der Waals surface area contributed by atoms with Gasteiger partial charge in [0.1, 0.15) is 11.6 Å². The molecule has 0 unspecified atom stereocenters. The number of benzene rings is 1. The predicted octanol–water partition coefficient (Wildman–Crippen LogP) is 3.26. The second-order valence-electron chi connectivity index (χ2n) is 8.44. The first kappa shape index (κ1) is 25.5. The topological polar surface area (TPSA) is 109 Å². The summed E-state index contributed by atoms with van der Waals surface area (Å²) in [6.45, 7) is -0.705. The number of nitrogens with two attached hydrogens (primary N) is 1. The van der Waals surface area contributed by atoms with Gasteiger partial charge in [0.2, 0.25) is 0 Å². The molecule has 36 heavy (non-hydrogen) atoms. The number of carbonyl (C=O) groups excluding carboxylic acids is 1. The van der Waals surface area contributed by atoms with Crippen LogP contribution in [0.1, 0.15) is 17.0 Å². The van der Waals surface area contributed by atoms with Gasteiger partial charge in [-0.05, 0) is 17.7 Å². The number of aliphatic hydroxyl groups excluding tert-OH is 1. The van der Waals surface area contributed by atoms with Gasteiger partial charge in [-0.1, -0.05) is 12.1 Å². The van der Waals surface area contributed by atoms with Crippen LogP contribution in [-0.2, 0) is 17.8 Å². The van der Waals surface area contributed by atoms with E-state index in [2.05, 4.69) is 15.4 Å². The number of aliphatic hydroxyl groups is 1. The molecule has 1 aromatic carbocycles. The van der Waals surface area contributed by atoms with Gasteiger partial charge in [-0.15, -0.1) is 0 Å². The third-order valence-corrected chi connectivity index (χ3v) is 6.27. The molecule has 15 heteroatoms. The fourth-order valence-corrected chi connectivity index (χ4v) is 4.18. The van der Waals surface area contributed by atoms with Gasteiger partial charge in [0, 0.05) is 43.1 Å². The van der Waals surface area contributed by atoms with Gasteiger partial charge in [0.05, 0.1) is 6.61 Å². The molecule has 0 bridgehead atoms. The van der Waals surface area contributed by atoms with E-state index in [0.29, 0.717) is 22.2 Å². The van der Waals surface area contributed by atoms with Crippen LogP contribution in [0.25, 0.3) is 5.65 Å². The largest absolute Gasteiger partial charge is 0.435 e. The first-order valence-corrected chi connectivity index (χ1v) is 10.4. The van der Waals surface area contributed by atoms with Gasteiger partial charge >= 0.3 is 18.4 Å². The van der Waals surface area contributed by atoms with Crippen molar-refractivity contribution in [3.05, 3.63) is 59.2 Å². The molecule has 3 heterocycles. The number of hydrogen-bond acceptors (Lipinski definition) is 5. The number of hydrogen-bond donors (Lipinski definition) is 3. The van der Waals surface area contributed by atoms with E-state index in [1.165, 1.54) is 17.0 Å². The van der Waals surface area contributed by atoms with Crippen molar-refractivity contribution < 1.29 is 40.6 Å². The quantitative estimate of drug-likeness (QED) is 0.433. The number of primary amides is 1. The number of nitrogens with zero attached hydrogens (tertiary/aromatic N) is 4. The average molecular weight is 520 g/mol. The molecule has 1 fully saturated rings. The molecule has 2 amide bonds. The number of halogens is 7. The first-order valence-electron chi connectivity index (χ1n) is 10.4. The van der Waals surface area contributed by atoms with Crippen LogP contribution in [-0.4, -0.2) is 56.9 Å². The van der Waals surface area contributed by atoms with E-state index in [0.717, 1.165) is 12.1 Å². The number of aromatic nitrogens is 3. The van der Waals surface area contributed by atoms with Crippen molar-refractivity contribution in [2.75, 3.05) is 31.6 Å². The molecule has 4 N–H and O–H groups in total. The normalized spacial score (nSPS) is 16.6. The monoisotopic (exact) mass is 520 g/mol. The minimum atomic E-state index is -4.97. The Morgan fingerprint density at radius 1 is 1.06 bits per heavy atom. The van der Waals surface area contributed by atoms with E-state index < -0.39 is 65.0 Å². The highest BCUT2D eigenvalue weighted by molar-refractivity contribution is 5.73. The number of rotatable bonds is 6. The number of fused-ring (bicyclic) bond motifs is 1. The summed E-state index contributed by atoms with van der Waals surface area (Å²) >= 11 is 0. The highest BCUT2D eigenvalue weighted by Gasteiger charge is 2.47. The SMILES string of the molecule is NC(=O)N1CC([C@](CO)(CNc2cc(C(F)(F)F)nc3cc(C(F)(F)F)nn23)c2ccc(F)cc2)C1. The smallest absolute Gasteiger partial charge is 0.395 e. The van der Waals surface area contributed by atoms with Crippen molar-refractivity contribution in [3.63, 3.8) is 0 Å². The average Bonchev–Trinajstić information content (AvgIpc) is 3.20. The molecule has 2 aromatic heterocycles. The van der Waals surface area contributed by atoms with Crippen molar-refractivity contribution in [1.29, 1.82) is 0 Å². The fraction of sp³-hybridized carbons (Fsp3) is 0.381. The number of urea groups is 1. The molecule has 0 saturated carbocycles. The minimum Gasteiger partial charge on any atom is -0.395 e. The Kier molecular flexibility index (Phi) is 6.22. The van der Waals surface area contributed by atoms with Crippen LogP contribution in [0.3, 0.4) is 0 Å². The maximum absolute atomic E-state index is 13.6. The summed E-state index contributed by atoms with van der Waals surface area (Å²) < 4.78 is 94.0. The first-order chi connectivity index (χ1) is 16.7. The van der Waals surface area contributed by atoms with Gasteiger partial charge in [0.15, 0.2) is 17.0 Å². The van der Waals surface area contributed by atoms with Crippen molar-refractivity contribution in [2.24, 2.45) is 11.7 Å². The Balaban J connectivity index is 1.76. The molecule has 194 valence electrons. The van der Waals surface area contributed by atoms with Crippen LogP contribution in [0.2, 0.25) is 0 Å². The zero-order valence-electron chi connectivity index (χ0n) is 18.2. The number of carbonyl (C=O) groups is 1. The molecule has 1 aliphatic heterocycles. The van der Waals surface area contributed by atoms with Gasteiger partial charge in [-0.2, -0.15) is 36.0 Å². The standard InChI is InChI=1S/C21H19F7N6O2/c22-13-3-1-11(2-4-13)19(10-35,12-7-33(8-12)18(29)36)9-30-16-5-14(20(23,24)25)31-17-6-15(21(26,27)28)32-34(16)17/h1-6,12,30,35H,7-10H2,(H2,29,36)/t19-/m0/s1. The van der Waals surface area contributed by atoms with Crippen LogP contribution in [0, 0.1) is 11.7 Å². The van der Waals surface area contributed by atoms with Gasteiger partial charge in [-0.25, -0.2) is 14.2 Å². The van der Waals surface area contributed by atoms with Gasteiger partial charge in [0.25, 0.3) is 0 Å². The van der Waals surface area contributed by atoms with E-state index in [-0.39, 0.29) is 19.6 Å². The van der Waals surface area contributed by atoms with Crippen LogP contribution in [0.5, 0.6) is 0 Å². The molecule has 0 radical (unpaired) electrons. The minimum absolute atomic E-state index is 0.0918. The van der Waals surface area contributed by atoms with E-state index in [1.807, 2.05) is 0 Å². The Hall–Kier alpha value is -3.62. The molecule has 3 aromatic rings. The lowest BCUT2D eigenvalue weighted by atomic mass is 9.67. The second kappa shape index (κ2) is 8.80. The summed E-state index contributed by atoms with van der Waals surface area (Å²) in [5.41, 5.74) is 0.800. The van der Waals surface area contributed by atoms with Gasteiger partial charge in [-0.3, -0.25) is 0 Å². The van der Waals surface area contributed by atoms with E-state index in [4.69, 9.17) is 5.73 Å². The molecule has 8 nitrogen and oxygen atoms in total. The number of anilines is 1. The maximum Gasteiger partial charge on any atom is 0.435 e. The molecule has 1 atom stereocenters. The molecule has 0 spiro atoms.